The van der Waals surface area contributed by atoms with Crippen molar-refractivity contribution < 1.29 is 27.4 Å². The van der Waals surface area contributed by atoms with Crippen molar-refractivity contribution in [3.8, 4) is 11.5 Å². The van der Waals surface area contributed by atoms with Gasteiger partial charge in [0.05, 0.1) is 17.6 Å². The minimum Gasteiger partial charge on any atom is -0.493 e. The van der Waals surface area contributed by atoms with Gasteiger partial charge in [-0.25, -0.2) is 0 Å². The number of amides is 1. The first-order chi connectivity index (χ1) is 16.7. The van der Waals surface area contributed by atoms with E-state index < -0.39 is 11.7 Å². The molecule has 188 valence electrons. The Balaban J connectivity index is 1.66. The van der Waals surface area contributed by atoms with Gasteiger partial charge >= 0.3 is 11.4 Å². The van der Waals surface area contributed by atoms with Crippen LogP contribution in [0.1, 0.15) is 30.5 Å². The molecule has 1 amide bonds. The zero-order chi connectivity index (χ0) is 25.4. The Labute approximate surface area is 207 Å². The van der Waals surface area contributed by atoms with Crippen LogP contribution in [0.2, 0.25) is 0 Å². The average Bonchev–Trinajstić information content (AvgIpc) is 3.19. The normalized spacial score (nSPS) is 15.0. The van der Waals surface area contributed by atoms with Crippen molar-refractivity contribution in [1.29, 1.82) is 0 Å². The summed E-state index contributed by atoms with van der Waals surface area (Å²) in [6.07, 6.45) is -2.53. The minimum atomic E-state index is -4.37. The highest BCUT2D eigenvalue weighted by atomic mass is 32.2. The summed E-state index contributed by atoms with van der Waals surface area (Å²) in [5.74, 6) is 1.47. The molecule has 35 heavy (non-hydrogen) atoms. The van der Waals surface area contributed by atoms with Gasteiger partial charge in [-0.05, 0) is 66.3 Å². The molecule has 1 N–H and O–H groups in total. The van der Waals surface area contributed by atoms with Gasteiger partial charge in [0.15, 0.2) is 11.5 Å². The number of alkyl halides is 3. The first-order valence-corrected chi connectivity index (χ1v) is 12.0. The number of rotatable bonds is 10. The summed E-state index contributed by atoms with van der Waals surface area (Å²) >= 11 is 1.06. The van der Waals surface area contributed by atoms with Crippen LogP contribution in [0.5, 0.6) is 11.5 Å². The van der Waals surface area contributed by atoms with Gasteiger partial charge in [-0.15, -0.1) is 0 Å². The third kappa shape index (κ3) is 7.50. The second kappa shape index (κ2) is 12.1. The molecule has 0 bridgehead atoms. The van der Waals surface area contributed by atoms with E-state index in [-0.39, 0.29) is 11.8 Å². The summed E-state index contributed by atoms with van der Waals surface area (Å²) in [5.41, 5.74) is 0.688. The fourth-order valence-electron chi connectivity index (χ4n) is 3.40. The Kier molecular flexibility index (Phi) is 9.22. The number of benzene rings is 2. The molecule has 0 radical (unpaired) electrons. The van der Waals surface area contributed by atoms with Crippen LogP contribution in [-0.4, -0.2) is 49.3 Å². The maximum absolute atomic E-state index is 12.7. The molecule has 0 saturated heterocycles. The third-order valence-electron chi connectivity index (χ3n) is 5.41. The zero-order valence-corrected chi connectivity index (χ0v) is 20.6. The minimum absolute atomic E-state index is 0.0898. The fourth-order valence-corrected chi connectivity index (χ4v) is 4.14. The first-order valence-electron chi connectivity index (χ1n) is 11.2. The molecule has 0 fully saturated rings. The highest BCUT2D eigenvalue weighted by Crippen LogP contribution is 2.33. The predicted molar refractivity (Wildman–Crippen MR) is 133 cm³/mol. The predicted octanol–water partition coefficient (Wildman–Crippen LogP) is 5.83. The quantitative estimate of drug-likeness (QED) is 0.437. The lowest BCUT2D eigenvalue weighted by atomic mass is 10.1. The van der Waals surface area contributed by atoms with Crippen LogP contribution >= 0.6 is 11.8 Å². The number of amidine groups is 1. The summed E-state index contributed by atoms with van der Waals surface area (Å²) < 4.78 is 49.4. The number of thioether (sulfide) groups is 1. The van der Waals surface area contributed by atoms with E-state index >= 15 is 0 Å². The van der Waals surface area contributed by atoms with Crippen molar-refractivity contribution in [2.24, 2.45) is 4.99 Å². The number of aliphatic imine (C=N–C) groups is 1. The van der Waals surface area contributed by atoms with Crippen molar-refractivity contribution >= 4 is 28.9 Å². The molecule has 2 aromatic rings. The Morgan fingerprint density at radius 1 is 1.09 bits per heavy atom. The maximum Gasteiger partial charge on any atom is 0.416 e. The molecule has 0 aromatic heterocycles. The molecule has 1 aliphatic heterocycles. The fraction of sp³-hybridized carbons (Fsp3) is 0.360. The third-order valence-corrected chi connectivity index (χ3v) is 6.21. The van der Waals surface area contributed by atoms with Crippen LogP contribution in [0.15, 0.2) is 52.4 Å². The average molecular weight is 508 g/mol. The van der Waals surface area contributed by atoms with Gasteiger partial charge in [0.1, 0.15) is 12.4 Å². The number of likely N-dealkylation sites (N-methyl/N-ethyl adjacent to an activating group) is 1. The Morgan fingerprint density at radius 3 is 2.43 bits per heavy atom. The van der Waals surface area contributed by atoms with Crippen LogP contribution in [0.3, 0.4) is 0 Å². The second-order valence-electron chi connectivity index (χ2n) is 7.68. The molecule has 0 unspecified atom stereocenters. The molecule has 10 heteroatoms. The number of nitrogens with one attached hydrogen (secondary N) is 1. The van der Waals surface area contributed by atoms with Crippen LogP contribution in [0.25, 0.3) is 6.08 Å². The van der Waals surface area contributed by atoms with Crippen molar-refractivity contribution in [3.05, 3.63) is 64.1 Å². The van der Waals surface area contributed by atoms with Gasteiger partial charge in [0, 0.05) is 13.1 Å². The molecule has 0 aliphatic carbocycles. The number of hydrogen-bond donors (Lipinski definition) is 1. The smallest absolute Gasteiger partial charge is 0.416 e. The number of carbonyl (C=O) groups excluding carboxylic acids is 1. The number of ether oxygens (including phenoxy) is 2. The molecule has 0 saturated carbocycles. The van der Waals surface area contributed by atoms with E-state index in [4.69, 9.17) is 9.47 Å². The van der Waals surface area contributed by atoms with E-state index in [1.807, 2.05) is 12.1 Å². The lowest BCUT2D eigenvalue weighted by Gasteiger charge is -2.18. The summed E-state index contributed by atoms with van der Waals surface area (Å²) in [4.78, 5) is 19.0. The van der Waals surface area contributed by atoms with Crippen LogP contribution in [-0.2, 0) is 12.8 Å². The van der Waals surface area contributed by atoms with E-state index in [1.54, 1.807) is 12.1 Å². The molecule has 3 rings (SSSR count). The topological polar surface area (TPSA) is 63.2 Å². The van der Waals surface area contributed by atoms with E-state index in [2.05, 4.69) is 29.1 Å². The number of carbonyl (C=O) groups is 1. The standard InChI is InChI=1S/C25H28F3N3O3S/c1-4-31(5-2)13-12-29-23-22(35-24(32)30-23)15-18-8-11-20(21(14-18)33-3)34-16-17-6-9-19(10-7-17)25(26,27)28/h6-11,14-15H,4-5,12-13,16H2,1-3H3,(H,29,30,32). The largest absolute Gasteiger partial charge is 0.493 e. The number of methoxy groups -OCH3 is 1. The molecular weight excluding hydrogens is 479 g/mol. The van der Waals surface area contributed by atoms with Crippen molar-refractivity contribution in [1.82, 2.24) is 10.2 Å². The van der Waals surface area contributed by atoms with E-state index in [0.29, 0.717) is 29.4 Å². The Hall–Kier alpha value is -2.98. The highest BCUT2D eigenvalue weighted by Gasteiger charge is 2.30. The van der Waals surface area contributed by atoms with Crippen LogP contribution in [0, 0.1) is 0 Å². The van der Waals surface area contributed by atoms with Crippen LogP contribution in [0.4, 0.5) is 18.0 Å². The number of hydrogen-bond acceptors (Lipinski definition) is 6. The molecular formula is C25H28F3N3O3S. The lowest BCUT2D eigenvalue weighted by molar-refractivity contribution is -0.137. The van der Waals surface area contributed by atoms with E-state index in [9.17, 15) is 18.0 Å². The van der Waals surface area contributed by atoms with E-state index in [1.165, 1.54) is 19.2 Å². The molecule has 1 aliphatic rings. The van der Waals surface area contributed by atoms with Gasteiger partial charge in [0.2, 0.25) is 0 Å². The number of halogens is 3. The summed E-state index contributed by atoms with van der Waals surface area (Å²) in [5, 5.41) is 2.97. The van der Waals surface area contributed by atoms with Crippen molar-refractivity contribution in [2.45, 2.75) is 26.6 Å². The first kappa shape index (κ1) is 26.6. The van der Waals surface area contributed by atoms with Gasteiger partial charge in [-0.3, -0.25) is 4.79 Å². The van der Waals surface area contributed by atoms with Gasteiger partial charge < -0.3 is 19.7 Å². The monoisotopic (exact) mass is 507 g/mol. The van der Waals surface area contributed by atoms with Gasteiger partial charge in [-0.2, -0.15) is 18.2 Å². The Bertz CT molecular complexity index is 1080. The summed E-state index contributed by atoms with van der Waals surface area (Å²) in [6, 6.07) is 10.1. The lowest BCUT2D eigenvalue weighted by Crippen LogP contribution is -2.34. The highest BCUT2D eigenvalue weighted by molar-refractivity contribution is 8.18. The van der Waals surface area contributed by atoms with E-state index in [0.717, 1.165) is 54.0 Å². The SMILES string of the molecule is CCN(CC)CCNC1=NC(=O)SC1=Cc1ccc(OCc2ccc(C(F)(F)F)cc2)c(OC)c1. The summed E-state index contributed by atoms with van der Waals surface area (Å²) in [7, 11) is 1.51. The van der Waals surface area contributed by atoms with Gasteiger partial charge in [-0.1, -0.05) is 32.0 Å². The molecule has 0 atom stereocenters. The molecule has 1 heterocycles. The zero-order valence-electron chi connectivity index (χ0n) is 19.8. The van der Waals surface area contributed by atoms with Crippen LogP contribution < -0.4 is 14.8 Å². The van der Waals surface area contributed by atoms with Gasteiger partial charge in [0.25, 0.3) is 0 Å². The number of nitrogens with zero attached hydrogens (tertiary/aromatic N) is 2. The van der Waals surface area contributed by atoms with Crippen molar-refractivity contribution in [3.63, 3.8) is 0 Å². The van der Waals surface area contributed by atoms with Crippen molar-refractivity contribution in [2.75, 3.05) is 33.3 Å². The maximum atomic E-state index is 12.7. The Morgan fingerprint density at radius 2 is 1.80 bits per heavy atom. The molecule has 2 aromatic carbocycles. The summed E-state index contributed by atoms with van der Waals surface area (Å²) in [6.45, 7) is 7.72. The molecule has 0 spiro atoms. The second-order valence-corrected chi connectivity index (χ2v) is 8.68. The molecule has 6 nitrogen and oxygen atoms in total.